The smallest absolute Gasteiger partial charge is 0.223 e. The number of nitrogens with two attached hydrogens (primary N) is 1. The number of ether oxygens (including phenoxy) is 1. The van der Waals surface area contributed by atoms with E-state index in [0.29, 0.717) is 0 Å². The lowest BCUT2D eigenvalue weighted by Crippen LogP contribution is -2.50. The Labute approximate surface area is 140 Å². The molecule has 0 bridgehead atoms. The molecule has 1 saturated heterocycles. The van der Waals surface area contributed by atoms with Crippen LogP contribution in [0.1, 0.15) is 51.4 Å². The number of nitrogens with zero attached hydrogens (tertiary/aromatic N) is 1. The third kappa shape index (κ3) is 4.68. The van der Waals surface area contributed by atoms with Crippen molar-refractivity contribution in [2.75, 3.05) is 39.4 Å². The molecule has 0 aromatic rings. The van der Waals surface area contributed by atoms with E-state index in [1.54, 1.807) is 0 Å². The largest absolute Gasteiger partial charge is 0.379 e. The van der Waals surface area contributed by atoms with Crippen LogP contribution in [0.15, 0.2) is 0 Å². The van der Waals surface area contributed by atoms with Gasteiger partial charge in [0.25, 0.3) is 0 Å². The zero-order chi connectivity index (χ0) is 16.1. The third-order valence-corrected chi connectivity index (χ3v) is 6.06. The van der Waals surface area contributed by atoms with Gasteiger partial charge in [-0.3, -0.25) is 9.69 Å². The van der Waals surface area contributed by atoms with E-state index < -0.39 is 0 Å². The second-order valence-corrected chi connectivity index (χ2v) is 7.94. The van der Waals surface area contributed by atoms with Crippen molar-refractivity contribution < 1.29 is 9.53 Å². The first kappa shape index (κ1) is 17.2. The Hall–Kier alpha value is -0.650. The van der Waals surface area contributed by atoms with Crippen LogP contribution in [0.4, 0.5) is 0 Å². The zero-order valence-electron chi connectivity index (χ0n) is 14.4. The van der Waals surface area contributed by atoms with Gasteiger partial charge in [0.2, 0.25) is 5.91 Å². The normalized spacial score (nSPS) is 31.9. The molecule has 2 atom stereocenters. The molecule has 2 aliphatic carbocycles. The van der Waals surface area contributed by atoms with Crippen LogP contribution in [0, 0.1) is 11.3 Å². The fourth-order valence-corrected chi connectivity index (χ4v) is 4.60. The number of carbonyl (C=O) groups is 1. The summed E-state index contributed by atoms with van der Waals surface area (Å²) in [6.45, 7) is 5.72. The van der Waals surface area contributed by atoms with Gasteiger partial charge < -0.3 is 15.8 Å². The molecule has 3 aliphatic rings. The number of hydrogen-bond donors (Lipinski definition) is 2. The van der Waals surface area contributed by atoms with Gasteiger partial charge in [-0.2, -0.15) is 0 Å². The predicted octanol–water partition coefficient (Wildman–Crippen LogP) is 1.51. The van der Waals surface area contributed by atoms with E-state index in [-0.39, 0.29) is 23.3 Å². The maximum absolute atomic E-state index is 12.5. The van der Waals surface area contributed by atoms with Crippen molar-refractivity contribution in [2.45, 2.75) is 57.4 Å². The van der Waals surface area contributed by atoms with Crippen LogP contribution in [-0.2, 0) is 9.53 Å². The molecule has 23 heavy (non-hydrogen) atoms. The highest BCUT2D eigenvalue weighted by Crippen LogP contribution is 2.37. The van der Waals surface area contributed by atoms with E-state index in [4.69, 9.17) is 10.5 Å². The second kappa shape index (κ2) is 7.95. The molecular formula is C18H33N3O2. The van der Waals surface area contributed by atoms with Crippen LogP contribution >= 0.6 is 0 Å². The highest BCUT2D eigenvalue weighted by molar-refractivity contribution is 5.79. The predicted molar refractivity (Wildman–Crippen MR) is 91.1 cm³/mol. The summed E-state index contributed by atoms with van der Waals surface area (Å²) >= 11 is 0. The SMILES string of the molecule is NC1CCC(C(=O)NCC2(CN3CCOCC3)CCCCC2)C1. The molecule has 1 aliphatic heterocycles. The Balaban J connectivity index is 1.54. The maximum Gasteiger partial charge on any atom is 0.223 e. The lowest BCUT2D eigenvalue weighted by Gasteiger charge is -2.42. The Bertz CT molecular complexity index is 390. The molecule has 0 aromatic carbocycles. The van der Waals surface area contributed by atoms with Crippen LogP contribution in [0.2, 0.25) is 0 Å². The van der Waals surface area contributed by atoms with Gasteiger partial charge in [-0.25, -0.2) is 0 Å². The quantitative estimate of drug-likeness (QED) is 0.805. The number of nitrogens with one attached hydrogen (secondary N) is 1. The van der Waals surface area contributed by atoms with Crippen molar-refractivity contribution >= 4 is 5.91 Å². The lowest BCUT2D eigenvalue weighted by molar-refractivity contribution is -0.125. The molecule has 2 saturated carbocycles. The molecule has 5 heteroatoms. The highest BCUT2D eigenvalue weighted by atomic mass is 16.5. The summed E-state index contributed by atoms with van der Waals surface area (Å²) in [6.07, 6.45) is 9.26. The van der Waals surface area contributed by atoms with Gasteiger partial charge >= 0.3 is 0 Å². The van der Waals surface area contributed by atoms with Gasteiger partial charge in [-0.15, -0.1) is 0 Å². The summed E-state index contributed by atoms with van der Waals surface area (Å²) in [7, 11) is 0. The molecule has 3 fully saturated rings. The molecule has 3 rings (SSSR count). The minimum Gasteiger partial charge on any atom is -0.379 e. The summed E-state index contributed by atoms with van der Waals surface area (Å²) in [5, 5.41) is 3.29. The van der Waals surface area contributed by atoms with Crippen molar-refractivity contribution in [3.05, 3.63) is 0 Å². The van der Waals surface area contributed by atoms with Crippen LogP contribution in [0.3, 0.4) is 0 Å². The summed E-state index contributed by atoms with van der Waals surface area (Å²) < 4.78 is 5.47. The first-order valence-corrected chi connectivity index (χ1v) is 9.50. The Morgan fingerprint density at radius 3 is 2.57 bits per heavy atom. The third-order valence-electron chi connectivity index (χ3n) is 6.06. The van der Waals surface area contributed by atoms with Crippen molar-refractivity contribution in [3.63, 3.8) is 0 Å². The van der Waals surface area contributed by atoms with Crippen LogP contribution < -0.4 is 11.1 Å². The fourth-order valence-electron chi connectivity index (χ4n) is 4.60. The molecule has 132 valence electrons. The van der Waals surface area contributed by atoms with Gasteiger partial charge in [0, 0.05) is 43.6 Å². The van der Waals surface area contributed by atoms with Crippen molar-refractivity contribution in [2.24, 2.45) is 17.1 Å². The Kier molecular flexibility index (Phi) is 5.94. The van der Waals surface area contributed by atoms with E-state index in [1.807, 2.05) is 0 Å². The van der Waals surface area contributed by atoms with Gasteiger partial charge in [-0.05, 0) is 32.1 Å². The van der Waals surface area contributed by atoms with E-state index in [0.717, 1.165) is 58.7 Å². The monoisotopic (exact) mass is 323 g/mol. The minimum atomic E-state index is 0.147. The van der Waals surface area contributed by atoms with Crippen LogP contribution in [-0.4, -0.2) is 56.2 Å². The lowest BCUT2D eigenvalue weighted by atomic mass is 9.73. The first-order valence-electron chi connectivity index (χ1n) is 9.50. The summed E-state index contributed by atoms with van der Waals surface area (Å²) in [5.74, 6) is 0.388. The number of carbonyl (C=O) groups excluding carboxylic acids is 1. The van der Waals surface area contributed by atoms with E-state index in [2.05, 4.69) is 10.2 Å². The van der Waals surface area contributed by atoms with Crippen LogP contribution in [0.25, 0.3) is 0 Å². The molecule has 0 aromatic heterocycles. The van der Waals surface area contributed by atoms with E-state index in [9.17, 15) is 4.79 Å². The number of amides is 1. The van der Waals surface area contributed by atoms with Gasteiger partial charge in [0.05, 0.1) is 13.2 Å². The van der Waals surface area contributed by atoms with Crippen molar-refractivity contribution in [1.29, 1.82) is 0 Å². The van der Waals surface area contributed by atoms with E-state index >= 15 is 0 Å². The minimum absolute atomic E-state index is 0.147. The Morgan fingerprint density at radius 2 is 1.91 bits per heavy atom. The summed E-state index contributed by atoms with van der Waals surface area (Å²) in [5.41, 5.74) is 6.22. The molecule has 5 nitrogen and oxygen atoms in total. The highest BCUT2D eigenvalue weighted by Gasteiger charge is 2.36. The standard InChI is InChI=1S/C18H33N3O2/c19-16-5-4-15(12-16)17(22)20-13-18(6-2-1-3-7-18)14-21-8-10-23-11-9-21/h15-16H,1-14,19H2,(H,20,22). The molecular weight excluding hydrogens is 290 g/mol. The zero-order valence-corrected chi connectivity index (χ0v) is 14.4. The van der Waals surface area contributed by atoms with Gasteiger partial charge in [-0.1, -0.05) is 19.3 Å². The summed E-state index contributed by atoms with van der Waals surface area (Å²) in [6, 6.07) is 0.225. The Morgan fingerprint density at radius 1 is 1.17 bits per heavy atom. The van der Waals surface area contributed by atoms with Crippen LogP contribution in [0.5, 0.6) is 0 Å². The molecule has 2 unspecified atom stereocenters. The number of morpholine rings is 1. The average molecular weight is 323 g/mol. The molecule has 3 N–H and O–H groups in total. The van der Waals surface area contributed by atoms with Gasteiger partial charge in [0.15, 0.2) is 0 Å². The maximum atomic E-state index is 12.5. The number of hydrogen-bond acceptors (Lipinski definition) is 4. The first-order chi connectivity index (χ1) is 11.2. The molecule has 0 spiro atoms. The van der Waals surface area contributed by atoms with Crippen molar-refractivity contribution in [3.8, 4) is 0 Å². The molecule has 0 radical (unpaired) electrons. The second-order valence-electron chi connectivity index (χ2n) is 7.94. The average Bonchev–Trinajstić information content (AvgIpc) is 3.01. The fraction of sp³-hybridized carbons (Fsp3) is 0.944. The topological polar surface area (TPSA) is 67.6 Å². The van der Waals surface area contributed by atoms with E-state index in [1.165, 1.54) is 32.1 Å². The molecule has 1 amide bonds. The summed E-state index contributed by atoms with van der Waals surface area (Å²) in [4.78, 5) is 15.0. The molecule has 1 heterocycles. The van der Waals surface area contributed by atoms with Gasteiger partial charge in [0.1, 0.15) is 0 Å². The van der Waals surface area contributed by atoms with Crippen molar-refractivity contribution in [1.82, 2.24) is 10.2 Å². The number of rotatable bonds is 5.